The third kappa shape index (κ3) is 3.54. The third-order valence-corrected chi connectivity index (χ3v) is 2.69. The molecule has 0 saturated heterocycles. The van der Waals surface area contributed by atoms with Crippen LogP contribution in [0.3, 0.4) is 0 Å². The van der Waals surface area contributed by atoms with Gasteiger partial charge in [-0.05, 0) is 23.8 Å². The maximum atomic E-state index is 13.0. The summed E-state index contributed by atoms with van der Waals surface area (Å²) in [5.41, 5.74) is 0.997. The quantitative estimate of drug-likeness (QED) is 0.913. The van der Waals surface area contributed by atoms with Crippen molar-refractivity contribution in [3.63, 3.8) is 0 Å². The minimum absolute atomic E-state index is 0.0355. The number of hydrogen-bond acceptors (Lipinski definition) is 2. The molecule has 0 aliphatic heterocycles. The molecular formula is C15H12F2O3. The molecule has 0 aliphatic rings. The van der Waals surface area contributed by atoms with E-state index in [2.05, 4.69) is 0 Å². The summed E-state index contributed by atoms with van der Waals surface area (Å²) in [4.78, 5) is 10.7. The summed E-state index contributed by atoms with van der Waals surface area (Å²) in [6.45, 7) is 0.0355. The van der Waals surface area contributed by atoms with Crippen molar-refractivity contribution in [2.24, 2.45) is 0 Å². The number of halogens is 2. The van der Waals surface area contributed by atoms with Gasteiger partial charge in [0.25, 0.3) is 0 Å². The first-order valence-corrected chi connectivity index (χ1v) is 5.92. The van der Waals surface area contributed by atoms with Gasteiger partial charge < -0.3 is 9.84 Å². The molecule has 0 aliphatic carbocycles. The van der Waals surface area contributed by atoms with E-state index < -0.39 is 17.6 Å². The van der Waals surface area contributed by atoms with Crippen molar-refractivity contribution in [2.75, 3.05) is 0 Å². The van der Waals surface area contributed by atoms with E-state index in [9.17, 15) is 13.6 Å². The molecule has 2 aromatic carbocycles. The van der Waals surface area contributed by atoms with Crippen LogP contribution in [0.4, 0.5) is 8.78 Å². The fraction of sp³-hybridized carbons (Fsp3) is 0.133. The second-order valence-corrected chi connectivity index (χ2v) is 4.22. The van der Waals surface area contributed by atoms with Crippen LogP contribution in [0.5, 0.6) is 5.75 Å². The largest absolute Gasteiger partial charge is 0.489 e. The van der Waals surface area contributed by atoms with Crippen LogP contribution in [0.15, 0.2) is 42.5 Å². The van der Waals surface area contributed by atoms with Crippen molar-refractivity contribution in [1.82, 2.24) is 0 Å². The van der Waals surface area contributed by atoms with Gasteiger partial charge in [0.2, 0.25) is 0 Å². The first kappa shape index (κ1) is 14.0. The van der Waals surface area contributed by atoms with Crippen LogP contribution in [-0.4, -0.2) is 11.1 Å². The lowest BCUT2D eigenvalue weighted by Gasteiger charge is -2.10. The fourth-order valence-corrected chi connectivity index (χ4v) is 1.74. The molecule has 1 N–H and O–H groups in total. The predicted molar refractivity (Wildman–Crippen MR) is 68.5 cm³/mol. The number of para-hydroxylation sites is 1. The highest BCUT2D eigenvalue weighted by atomic mass is 19.2. The van der Waals surface area contributed by atoms with Gasteiger partial charge in [-0.3, -0.25) is 4.79 Å². The molecule has 0 unspecified atom stereocenters. The molecule has 5 heteroatoms. The van der Waals surface area contributed by atoms with E-state index in [1.807, 2.05) is 0 Å². The molecule has 104 valence electrons. The molecule has 0 amide bonds. The summed E-state index contributed by atoms with van der Waals surface area (Å²) in [5, 5.41) is 8.80. The van der Waals surface area contributed by atoms with E-state index in [1.165, 1.54) is 6.07 Å². The zero-order chi connectivity index (χ0) is 14.5. The third-order valence-electron chi connectivity index (χ3n) is 2.69. The van der Waals surface area contributed by atoms with Gasteiger partial charge in [0, 0.05) is 5.56 Å². The number of aliphatic carboxylic acids is 1. The maximum absolute atomic E-state index is 13.0. The molecule has 20 heavy (non-hydrogen) atoms. The van der Waals surface area contributed by atoms with Crippen molar-refractivity contribution in [1.29, 1.82) is 0 Å². The number of carboxylic acids is 1. The van der Waals surface area contributed by atoms with E-state index in [1.54, 1.807) is 24.3 Å². The van der Waals surface area contributed by atoms with Gasteiger partial charge in [-0.15, -0.1) is 0 Å². The van der Waals surface area contributed by atoms with Crippen molar-refractivity contribution in [2.45, 2.75) is 13.0 Å². The van der Waals surface area contributed by atoms with Crippen molar-refractivity contribution in [3.8, 4) is 5.75 Å². The second kappa shape index (κ2) is 6.14. The van der Waals surface area contributed by atoms with Crippen LogP contribution >= 0.6 is 0 Å². The molecule has 0 aromatic heterocycles. The highest BCUT2D eigenvalue weighted by Gasteiger charge is 2.08. The summed E-state index contributed by atoms with van der Waals surface area (Å²) in [7, 11) is 0. The minimum Gasteiger partial charge on any atom is -0.489 e. The van der Waals surface area contributed by atoms with Crippen LogP contribution < -0.4 is 4.74 Å². The Morgan fingerprint density at radius 2 is 1.85 bits per heavy atom. The van der Waals surface area contributed by atoms with E-state index in [-0.39, 0.29) is 13.0 Å². The average Bonchev–Trinajstić information content (AvgIpc) is 2.41. The summed E-state index contributed by atoms with van der Waals surface area (Å²) < 4.78 is 31.3. The zero-order valence-corrected chi connectivity index (χ0v) is 10.5. The maximum Gasteiger partial charge on any atom is 0.307 e. The number of carbonyl (C=O) groups is 1. The van der Waals surface area contributed by atoms with Gasteiger partial charge in [-0.2, -0.15) is 0 Å². The van der Waals surface area contributed by atoms with E-state index in [0.717, 1.165) is 12.1 Å². The predicted octanol–water partition coefficient (Wildman–Crippen LogP) is 3.17. The van der Waals surface area contributed by atoms with Gasteiger partial charge in [0.05, 0.1) is 6.42 Å². The molecule has 0 heterocycles. The Morgan fingerprint density at radius 3 is 2.55 bits per heavy atom. The molecule has 0 atom stereocenters. The van der Waals surface area contributed by atoms with E-state index in [0.29, 0.717) is 16.9 Å². The molecule has 0 bridgehead atoms. The summed E-state index contributed by atoms with van der Waals surface area (Å²) in [5.74, 6) is -2.40. The second-order valence-electron chi connectivity index (χ2n) is 4.22. The highest BCUT2D eigenvalue weighted by molar-refractivity contribution is 5.71. The first-order chi connectivity index (χ1) is 9.56. The van der Waals surface area contributed by atoms with Crippen LogP contribution in [0.2, 0.25) is 0 Å². The van der Waals surface area contributed by atoms with Crippen molar-refractivity contribution >= 4 is 5.97 Å². The highest BCUT2D eigenvalue weighted by Crippen LogP contribution is 2.20. The Hall–Kier alpha value is -2.43. The lowest BCUT2D eigenvalue weighted by molar-refractivity contribution is -0.136. The van der Waals surface area contributed by atoms with E-state index >= 15 is 0 Å². The van der Waals surface area contributed by atoms with Crippen molar-refractivity contribution in [3.05, 3.63) is 65.2 Å². The van der Waals surface area contributed by atoms with Crippen molar-refractivity contribution < 1.29 is 23.4 Å². The minimum atomic E-state index is -0.964. The van der Waals surface area contributed by atoms with Gasteiger partial charge in [0.1, 0.15) is 12.4 Å². The fourth-order valence-electron chi connectivity index (χ4n) is 1.74. The number of carboxylic acid groups (broad SMARTS) is 1. The summed E-state index contributed by atoms with van der Waals surface area (Å²) in [6.07, 6.45) is -0.159. The van der Waals surface area contributed by atoms with E-state index in [4.69, 9.17) is 9.84 Å². The van der Waals surface area contributed by atoms with Gasteiger partial charge >= 0.3 is 5.97 Å². The van der Waals surface area contributed by atoms with Gasteiger partial charge in [-0.1, -0.05) is 24.3 Å². The molecule has 0 fully saturated rings. The number of benzene rings is 2. The molecule has 2 rings (SSSR count). The van der Waals surface area contributed by atoms with Crippen LogP contribution in [-0.2, 0) is 17.8 Å². The topological polar surface area (TPSA) is 46.5 Å². The monoisotopic (exact) mass is 278 g/mol. The lowest BCUT2D eigenvalue weighted by atomic mass is 10.1. The Bertz CT molecular complexity index is 626. The standard InChI is InChI=1S/C15H12F2O3/c16-12-6-5-10(7-13(12)17)9-20-14-4-2-1-3-11(14)8-15(18)19/h1-7H,8-9H2,(H,18,19). The Balaban J connectivity index is 2.10. The number of rotatable bonds is 5. The van der Waals surface area contributed by atoms with Crippen LogP contribution in [0.25, 0.3) is 0 Å². The SMILES string of the molecule is O=C(O)Cc1ccccc1OCc1ccc(F)c(F)c1. The van der Waals surface area contributed by atoms with Gasteiger partial charge in [-0.25, -0.2) is 8.78 Å². The van der Waals surface area contributed by atoms with Crippen LogP contribution in [0.1, 0.15) is 11.1 Å². The number of ether oxygens (including phenoxy) is 1. The Kier molecular flexibility index (Phi) is 4.30. The zero-order valence-electron chi connectivity index (χ0n) is 10.5. The average molecular weight is 278 g/mol. The van der Waals surface area contributed by atoms with Crippen LogP contribution in [0, 0.1) is 11.6 Å². The molecule has 0 spiro atoms. The molecule has 2 aromatic rings. The van der Waals surface area contributed by atoms with Gasteiger partial charge in [0.15, 0.2) is 11.6 Å². The normalized spacial score (nSPS) is 10.3. The Morgan fingerprint density at radius 1 is 1.10 bits per heavy atom. The summed E-state index contributed by atoms with van der Waals surface area (Å²) >= 11 is 0. The smallest absolute Gasteiger partial charge is 0.307 e. The first-order valence-electron chi connectivity index (χ1n) is 5.92. The molecule has 0 radical (unpaired) electrons. The summed E-state index contributed by atoms with van der Waals surface area (Å²) in [6, 6.07) is 10.2. The molecule has 0 saturated carbocycles. The number of hydrogen-bond donors (Lipinski definition) is 1. The Labute approximate surface area is 114 Å². The lowest BCUT2D eigenvalue weighted by Crippen LogP contribution is -2.04. The molecular weight excluding hydrogens is 266 g/mol. The molecule has 3 nitrogen and oxygen atoms in total.